The molecule has 160 valence electrons. The predicted octanol–water partition coefficient (Wildman–Crippen LogP) is 5.11. The molecule has 0 saturated carbocycles. The van der Waals surface area contributed by atoms with E-state index in [4.69, 9.17) is 9.47 Å². The Morgan fingerprint density at radius 1 is 0.871 bits per heavy atom. The van der Waals surface area contributed by atoms with Gasteiger partial charge >= 0.3 is 0 Å². The minimum Gasteiger partial charge on any atom is -0.486 e. The first-order valence-electron chi connectivity index (χ1n) is 10.6. The van der Waals surface area contributed by atoms with E-state index in [1.807, 2.05) is 87.5 Å². The third-order valence-electron chi connectivity index (χ3n) is 5.53. The monoisotopic (exact) mass is 416 g/mol. The van der Waals surface area contributed by atoms with Gasteiger partial charge in [0.25, 0.3) is 0 Å². The fraction of sp³-hybridized carbons (Fsp3) is 0.269. The summed E-state index contributed by atoms with van der Waals surface area (Å²) >= 11 is 0. The minimum absolute atomic E-state index is 0.0783. The van der Waals surface area contributed by atoms with Crippen LogP contribution >= 0.6 is 0 Å². The molecule has 0 aliphatic carbocycles. The molecule has 0 fully saturated rings. The lowest BCUT2D eigenvalue weighted by Gasteiger charge is -2.25. The highest BCUT2D eigenvalue weighted by Crippen LogP contribution is 2.33. The molecule has 31 heavy (non-hydrogen) atoms. The molecule has 5 nitrogen and oxygen atoms in total. The van der Waals surface area contributed by atoms with Crippen molar-refractivity contribution in [1.82, 2.24) is 5.32 Å². The van der Waals surface area contributed by atoms with Gasteiger partial charge in [-0.3, -0.25) is 10.1 Å². The lowest BCUT2D eigenvalue weighted by atomic mass is 10.0. The van der Waals surface area contributed by atoms with Crippen LogP contribution in [0.25, 0.3) is 0 Å². The molecule has 4 rings (SSSR count). The summed E-state index contributed by atoms with van der Waals surface area (Å²) in [5.41, 5.74) is 4.92. The molecule has 3 aromatic carbocycles. The molecule has 0 aromatic heterocycles. The third kappa shape index (κ3) is 4.89. The molecule has 2 atom stereocenters. The van der Waals surface area contributed by atoms with Crippen LogP contribution in [0.5, 0.6) is 11.5 Å². The molecule has 1 aliphatic rings. The van der Waals surface area contributed by atoms with Crippen LogP contribution in [0.3, 0.4) is 0 Å². The van der Waals surface area contributed by atoms with E-state index in [0.29, 0.717) is 13.2 Å². The van der Waals surface area contributed by atoms with Crippen molar-refractivity contribution in [3.8, 4) is 11.5 Å². The summed E-state index contributed by atoms with van der Waals surface area (Å²) in [6.07, 6.45) is 0. The van der Waals surface area contributed by atoms with Gasteiger partial charge in [-0.05, 0) is 61.2 Å². The fourth-order valence-electron chi connectivity index (χ4n) is 3.72. The Morgan fingerprint density at radius 2 is 1.61 bits per heavy atom. The van der Waals surface area contributed by atoms with Crippen LogP contribution in [0.15, 0.2) is 66.7 Å². The third-order valence-corrected chi connectivity index (χ3v) is 5.53. The SMILES string of the molecule is Cc1ccc(C)c(NC(=O)C(NC(C)c2ccc3c(c2)OCCO3)c2ccccc2)c1. The van der Waals surface area contributed by atoms with Gasteiger partial charge in [0.15, 0.2) is 11.5 Å². The van der Waals surface area contributed by atoms with Crippen LogP contribution in [0, 0.1) is 13.8 Å². The number of amides is 1. The van der Waals surface area contributed by atoms with Crippen molar-refractivity contribution in [3.63, 3.8) is 0 Å². The lowest BCUT2D eigenvalue weighted by molar-refractivity contribution is -0.118. The Bertz CT molecular complexity index is 1070. The van der Waals surface area contributed by atoms with Crippen LogP contribution in [0.1, 0.15) is 41.3 Å². The van der Waals surface area contributed by atoms with Crippen LogP contribution in [0.2, 0.25) is 0 Å². The zero-order valence-corrected chi connectivity index (χ0v) is 18.1. The number of nitrogens with one attached hydrogen (secondary N) is 2. The topological polar surface area (TPSA) is 59.6 Å². The summed E-state index contributed by atoms with van der Waals surface area (Å²) in [5.74, 6) is 1.41. The van der Waals surface area contributed by atoms with Crippen molar-refractivity contribution in [1.29, 1.82) is 0 Å². The number of ether oxygens (including phenoxy) is 2. The van der Waals surface area contributed by atoms with Crippen LogP contribution < -0.4 is 20.1 Å². The van der Waals surface area contributed by atoms with E-state index in [9.17, 15) is 4.79 Å². The molecule has 0 radical (unpaired) electrons. The summed E-state index contributed by atoms with van der Waals surface area (Å²) in [4.78, 5) is 13.4. The second-order valence-corrected chi connectivity index (χ2v) is 7.94. The maximum atomic E-state index is 13.4. The minimum atomic E-state index is -0.510. The van der Waals surface area contributed by atoms with Gasteiger partial charge in [0.2, 0.25) is 5.91 Å². The number of aryl methyl sites for hydroxylation is 2. The summed E-state index contributed by atoms with van der Waals surface area (Å²) < 4.78 is 11.3. The molecule has 2 unspecified atom stereocenters. The van der Waals surface area contributed by atoms with Crippen LogP contribution in [-0.2, 0) is 4.79 Å². The van der Waals surface area contributed by atoms with Crippen molar-refractivity contribution < 1.29 is 14.3 Å². The van der Waals surface area contributed by atoms with Gasteiger partial charge in [-0.1, -0.05) is 48.5 Å². The zero-order valence-electron chi connectivity index (χ0n) is 18.1. The number of hydrogen-bond acceptors (Lipinski definition) is 4. The van der Waals surface area contributed by atoms with Gasteiger partial charge in [0.1, 0.15) is 19.3 Å². The Balaban J connectivity index is 1.58. The summed E-state index contributed by atoms with van der Waals surface area (Å²) in [5, 5.41) is 6.61. The Kier molecular flexibility index (Phi) is 6.23. The molecule has 1 aliphatic heterocycles. The molecule has 1 amide bonds. The molecule has 0 spiro atoms. The van der Waals surface area contributed by atoms with Crippen LogP contribution in [0.4, 0.5) is 5.69 Å². The number of carbonyl (C=O) groups excluding carboxylic acids is 1. The van der Waals surface area contributed by atoms with E-state index >= 15 is 0 Å². The average Bonchev–Trinajstić information content (AvgIpc) is 2.80. The predicted molar refractivity (Wildman–Crippen MR) is 123 cm³/mol. The number of rotatable bonds is 6. The maximum absolute atomic E-state index is 13.4. The van der Waals surface area contributed by atoms with E-state index in [1.54, 1.807) is 0 Å². The number of hydrogen-bond donors (Lipinski definition) is 2. The van der Waals surface area contributed by atoms with E-state index < -0.39 is 6.04 Å². The smallest absolute Gasteiger partial charge is 0.246 e. The summed E-state index contributed by atoms with van der Waals surface area (Å²) in [6.45, 7) is 7.17. The molecule has 3 aromatic rings. The van der Waals surface area contributed by atoms with Crippen molar-refractivity contribution in [3.05, 3.63) is 89.0 Å². The molecule has 0 saturated heterocycles. The van der Waals surface area contributed by atoms with Crippen molar-refractivity contribution in [2.75, 3.05) is 18.5 Å². The summed E-state index contributed by atoms with van der Waals surface area (Å²) in [7, 11) is 0. The first-order valence-corrected chi connectivity index (χ1v) is 10.6. The van der Waals surface area contributed by atoms with Crippen molar-refractivity contribution in [2.24, 2.45) is 0 Å². The second-order valence-electron chi connectivity index (χ2n) is 7.94. The van der Waals surface area contributed by atoms with E-state index in [1.165, 1.54) is 0 Å². The molecule has 1 heterocycles. The quantitative estimate of drug-likeness (QED) is 0.587. The number of benzene rings is 3. The average molecular weight is 417 g/mol. The van der Waals surface area contributed by atoms with Gasteiger partial charge in [-0.2, -0.15) is 0 Å². The number of fused-ring (bicyclic) bond motifs is 1. The van der Waals surface area contributed by atoms with E-state index in [0.717, 1.165) is 39.4 Å². The normalized spacial score (nSPS) is 14.5. The van der Waals surface area contributed by atoms with Crippen molar-refractivity contribution >= 4 is 11.6 Å². The number of carbonyl (C=O) groups is 1. The largest absolute Gasteiger partial charge is 0.486 e. The summed E-state index contributed by atoms with van der Waals surface area (Å²) in [6, 6.07) is 21.2. The highest BCUT2D eigenvalue weighted by Gasteiger charge is 2.24. The van der Waals surface area contributed by atoms with Gasteiger partial charge in [0, 0.05) is 11.7 Å². The Labute approximate surface area is 183 Å². The van der Waals surface area contributed by atoms with E-state index in [2.05, 4.69) is 10.6 Å². The molecule has 0 bridgehead atoms. The Morgan fingerprint density at radius 3 is 2.39 bits per heavy atom. The van der Waals surface area contributed by atoms with Crippen molar-refractivity contribution in [2.45, 2.75) is 32.9 Å². The lowest BCUT2D eigenvalue weighted by Crippen LogP contribution is -2.35. The molecule has 5 heteroatoms. The van der Waals surface area contributed by atoms with Gasteiger partial charge in [-0.25, -0.2) is 0 Å². The first-order chi connectivity index (χ1) is 15.0. The highest BCUT2D eigenvalue weighted by molar-refractivity contribution is 5.96. The maximum Gasteiger partial charge on any atom is 0.246 e. The van der Waals surface area contributed by atoms with Gasteiger partial charge in [-0.15, -0.1) is 0 Å². The molecule has 2 N–H and O–H groups in total. The first kappa shape index (κ1) is 20.9. The highest BCUT2D eigenvalue weighted by atomic mass is 16.6. The molecular weight excluding hydrogens is 388 g/mol. The second kappa shape index (κ2) is 9.23. The number of anilines is 1. The fourth-order valence-corrected chi connectivity index (χ4v) is 3.72. The van der Waals surface area contributed by atoms with Gasteiger partial charge in [0.05, 0.1) is 0 Å². The molecular formula is C26H28N2O3. The van der Waals surface area contributed by atoms with E-state index in [-0.39, 0.29) is 11.9 Å². The van der Waals surface area contributed by atoms with Crippen LogP contribution in [-0.4, -0.2) is 19.1 Å². The standard InChI is InChI=1S/C26H28N2O3/c1-17-9-10-18(2)22(15-17)28-26(29)25(20-7-5-4-6-8-20)27-19(3)21-11-12-23-24(16-21)31-14-13-30-23/h4-12,15-16,19,25,27H,13-14H2,1-3H3,(H,28,29). The van der Waals surface area contributed by atoms with Gasteiger partial charge < -0.3 is 14.8 Å². The Hall–Kier alpha value is -3.31. The zero-order chi connectivity index (χ0) is 21.8.